The molecule has 2 N–H and O–H groups in total. The van der Waals surface area contributed by atoms with Gasteiger partial charge in [0.2, 0.25) is 5.91 Å². The van der Waals surface area contributed by atoms with Crippen molar-refractivity contribution < 1.29 is 14.3 Å². The minimum absolute atomic E-state index is 0.0425. The summed E-state index contributed by atoms with van der Waals surface area (Å²) in [4.78, 5) is 13.9. The van der Waals surface area contributed by atoms with Gasteiger partial charge in [0.25, 0.3) is 0 Å². The Morgan fingerprint density at radius 1 is 1.29 bits per heavy atom. The van der Waals surface area contributed by atoms with Crippen molar-refractivity contribution in [2.24, 2.45) is 11.7 Å². The molecule has 0 radical (unpaired) electrons. The number of likely N-dealkylation sites (N-methyl/N-ethyl adjacent to an activating group) is 1. The monoisotopic (exact) mass is 294 g/mol. The zero-order valence-electron chi connectivity index (χ0n) is 13.6. The largest absolute Gasteiger partial charge is 0.493 e. The molecule has 21 heavy (non-hydrogen) atoms. The molecule has 0 aromatic heterocycles. The first-order valence-electron chi connectivity index (χ1n) is 7.16. The highest BCUT2D eigenvalue weighted by Crippen LogP contribution is 2.28. The molecule has 1 rings (SSSR count). The molecule has 0 aliphatic rings. The Morgan fingerprint density at radius 3 is 2.43 bits per heavy atom. The van der Waals surface area contributed by atoms with Gasteiger partial charge >= 0.3 is 0 Å². The lowest BCUT2D eigenvalue weighted by molar-refractivity contribution is -0.132. The normalized spacial score (nSPS) is 13.4. The number of rotatable bonds is 7. The van der Waals surface area contributed by atoms with Crippen molar-refractivity contribution in [3.8, 4) is 11.5 Å². The van der Waals surface area contributed by atoms with E-state index in [9.17, 15) is 4.79 Å². The molecule has 118 valence electrons. The molecule has 0 aliphatic heterocycles. The van der Waals surface area contributed by atoms with Crippen LogP contribution in [-0.2, 0) is 11.3 Å². The van der Waals surface area contributed by atoms with E-state index in [0.29, 0.717) is 18.0 Å². The second-order valence-electron chi connectivity index (χ2n) is 5.29. The summed E-state index contributed by atoms with van der Waals surface area (Å²) in [7, 11) is 4.95. The van der Waals surface area contributed by atoms with Crippen molar-refractivity contribution >= 4 is 5.91 Å². The third-order valence-electron chi connectivity index (χ3n) is 3.79. The molecule has 1 aromatic rings. The summed E-state index contributed by atoms with van der Waals surface area (Å²) >= 11 is 0. The molecule has 2 atom stereocenters. The second kappa shape index (κ2) is 7.88. The topological polar surface area (TPSA) is 64.8 Å². The Kier molecular flexibility index (Phi) is 6.49. The molecule has 0 aliphatic carbocycles. The number of methoxy groups -OCH3 is 2. The van der Waals surface area contributed by atoms with Gasteiger partial charge in [-0.1, -0.05) is 26.3 Å². The maximum absolute atomic E-state index is 12.3. The average molecular weight is 294 g/mol. The molecular weight excluding hydrogens is 268 g/mol. The Morgan fingerprint density at radius 2 is 1.90 bits per heavy atom. The van der Waals surface area contributed by atoms with E-state index in [1.54, 1.807) is 26.2 Å². The van der Waals surface area contributed by atoms with Gasteiger partial charge in [-0.05, 0) is 23.6 Å². The lowest BCUT2D eigenvalue weighted by Crippen LogP contribution is -2.45. The Labute approximate surface area is 127 Å². The number of nitrogens with two attached hydrogens (primary N) is 1. The van der Waals surface area contributed by atoms with Crippen LogP contribution < -0.4 is 15.2 Å². The van der Waals surface area contributed by atoms with Crippen LogP contribution in [0, 0.1) is 5.92 Å². The molecule has 1 amide bonds. The molecule has 0 unspecified atom stereocenters. The van der Waals surface area contributed by atoms with E-state index >= 15 is 0 Å². The van der Waals surface area contributed by atoms with Gasteiger partial charge in [-0.25, -0.2) is 0 Å². The highest BCUT2D eigenvalue weighted by Gasteiger charge is 2.23. The van der Waals surface area contributed by atoms with Gasteiger partial charge in [0.15, 0.2) is 11.5 Å². The molecule has 0 heterocycles. The quantitative estimate of drug-likeness (QED) is 0.836. The summed E-state index contributed by atoms with van der Waals surface area (Å²) in [5.41, 5.74) is 6.96. The van der Waals surface area contributed by atoms with Crippen LogP contribution in [0.3, 0.4) is 0 Å². The fourth-order valence-electron chi connectivity index (χ4n) is 2.08. The first-order chi connectivity index (χ1) is 9.94. The molecule has 0 fully saturated rings. The number of nitrogens with zero attached hydrogens (tertiary/aromatic N) is 1. The van der Waals surface area contributed by atoms with Crippen LogP contribution in [-0.4, -0.2) is 38.1 Å². The first kappa shape index (κ1) is 17.3. The fraction of sp³-hybridized carbons (Fsp3) is 0.562. The number of ether oxygens (including phenoxy) is 2. The third-order valence-corrected chi connectivity index (χ3v) is 3.79. The van der Waals surface area contributed by atoms with Gasteiger partial charge in [-0.2, -0.15) is 0 Å². The lowest BCUT2D eigenvalue weighted by atomic mass is 9.99. The zero-order chi connectivity index (χ0) is 16.0. The maximum Gasteiger partial charge on any atom is 0.239 e. The van der Waals surface area contributed by atoms with Gasteiger partial charge in [0.1, 0.15) is 0 Å². The highest BCUT2D eigenvalue weighted by atomic mass is 16.5. The fourth-order valence-corrected chi connectivity index (χ4v) is 2.08. The Balaban J connectivity index is 2.78. The molecule has 5 nitrogen and oxygen atoms in total. The summed E-state index contributed by atoms with van der Waals surface area (Å²) in [5, 5.41) is 0. The molecular formula is C16H26N2O3. The van der Waals surface area contributed by atoms with Gasteiger partial charge in [0, 0.05) is 13.6 Å². The molecule has 0 saturated heterocycles. The highest BCUT2D eigenvalue weighted by molar-refractivity contribution is 5.81. The average Bonchev–Trinajstić information content (AvgIpc) is 2.52. The zero-order valence-corrected chi connectivity index (χ0v) is 13.6. The van der Waals surface area contributed by atoms with Crippen LogP contribution in [0.4, 0.5) is 0 Å². The minimum atomic E-state index is -0.458. The summed E-state index contributed by atoms with van der Waals surface area (Å²) in [5.74, 6) is 1.46. The van der Waals surface area contributed by atoms with E-state index in [2.05, 4.69) is 0 Å². The van der Waals surface area contributed by atoms with Crippen molar-refractivity contribution in [3.05, 3.63) is 23.8 Å². The van der Waals surface area contributed by atoms with Crippen molar-refractivity contribution in [2.45, 2.75) is 32.9 Å². The predicted octanol–water partition coefficient (Wildman–Crippen LogP) is 2.04. The van der Waals surface area contributed by atoms with E-state index in [0.717, 1.165) is 12.0 Å². The molecule has 0 bridgehead atoms. The minimum Gasteiger partial charge on any atom is -0.493 e. The summed E-state index contributed by atoms with van der Waals surface area (Å²) < 4.78 is 10.5. The van der Waals surface area contributed by atoms with Gasteiger partial charge in [-0.15, -0.1) is 0 Å². The standard InChI is InChI=1S/C16H26N2O3/c1-6-11(2)15(17)16(19)18(3)10-12-7-8-13(20-4)14(9-12)21-5/h7-9,11,15H,6,10,17H2,1-5H3/t11-,15-/m0/s1. The molecule has 0 saturated carbocycles. The molecule has 1 aromatic carbocycles. The summed E-state index contributed by atoms with van der Waals surface area (Å²) in [6, 6.07) is 5.17. The van der Waals surface area contributed by atoms with Crippen molar-refractivity contribution in [1.82, 2.24) is 4.90 Å². The third kappa shape index (κ3) is 4.36. The Bertz CT molecular complexity index is 477. The number of hydrogen-bond acceptors (Lipinski definition) is 4. The second-order valence-corrected chi connectivity index (χ2v) is 5.29. The number of benzene rings is 1. The molecule has 5 heteroatoms. The number of carbonyl (C=O) groups excluding carboxylic acids is 1. The molecule has 0 spiro atoms. The number of amides is 1. The van der Waals surface area contributed by atoms with Gasteiger partial charge in [-0.3, -0.25) is 4.79 Å². The SMILES string of the molecule is CC[C@H](C)[C@H](N)C(=O)N(C)Cc1ccc(OC)c(OC)c1. The number of hydrogen-bond donors (Lipinski definition) is 1. The van der Waals surface area contributed by atoms with Crippen molar-refractivity contribution in [3.63, 3.8) is 0 Å². The van der Waals surface area contributed by atoms with E-state index in [4.69, 9.17) is 15.2 Å². The van der Waals surface area contributed by atoms with Crippen molar-refractivity contribution in [2.75, 3.05) is 21.3 Å². The van der Waals surface area contributed by atoms with Crippen LogP contribution >= 0.6 is 0 Å². The lowest BCUT2D eigenvalue weighted by Gasteiger charge is -2.25. The van der Waals surface area contributed by atoms with Crippen LogP contribution in [0.5, 0.6) is 11.5 Å². The predicted molar refractivity (Wildman–Crippen MR) is 83.5 cm³/mol. The van der Waals surface area contributed by atoms with Gasteiger partial charge in [0.05, 0.1) is 20.3 Å². The summed E-state index contributed by atoms with van der Waals surface area (Å²) in [6.07, 6.45) is 0.886. The van der Waals surface area contributed by atoms with E-state index < -0.39 is 6.04 Å². The smallest absolute Gasteiger partial charge is 0.239 e. The van der Waals surface area contributed by atoms with Crippen LogP contribution in [0.15, 0.2) is 18.2 Å². The van der Waals surface area contributed by atoms with E-state index in [-0.39, 0.29) is 11.8 Å². The van der Waals surface area contributed by atoms with Crippen molar-refractivity contribution in [1.29, 1.82) is 0 Å². The Hall–Kier alpha value is -1.75. The number of carbonyl (C=O) groups is 1. The van der Waals surface area contributed by atoms with E-state index in [1.807, 2.05) is 32.0 Å². The summed E-state index contributed by atoms with van der Waals surface area (Å²) in [6.45, 7) is 4.52. The van der Waals surface area contributed by atoms with E-state index in [1.165, 1.54) is 0 Å². The first-order valence-corrected chi connectivity index (χ1v) is 7.16. The van der Waals surface area contributed by atoms with Gasteiger partial charge < -0.3 is 20.1 Å². The van der Waals surface area contributed by atoms with Crippen LogP contribution in [0.1, 0.15) is 25.8 Å². The van der Waals surface area contributed by atoms with Crippen LogP contribution in [0.25, 0.3) is 0 Å². The maximum atomic E-state index is 12.3. The van der Waals surface area contributed by atoms with Crippen LogP contribution in [0.2, 0.25) is 0 Å².